The molecule has 0 aromatic rings. The molecule has 1 aliphatic heterocycles. The molecular weight excluding hydrogens is 155 g/mol. The Morgan fingerprint density at radius 1 is 1.33 bits per heavy atom. The van der Waals surface area contributed by atoms with Gasteiger partial charge in [0.15, 0.2) is 0 Å². The first kappa shape index (κ1) is 7.45. The van der Waals surface area contributed by atoms with Gasteiger partial charge < -0.3 is 10.0 Å². The van der Waals surface area contributed by atoms with Crippen molar-refractivity contribution in [3.05, 3.63) is 41.5 Å². The Balaban J connectivity index is 2.33. The highest BCUT2D eigenvalue weighted by atomic mass is 16.4. The van der Waals surface area contributed by atoms with Crippen LogP contribution in [0.25, 0.3) is 0 Å². The predicted octanol–water partition coefficient (Wildman–Crippen LogP) is 0.376. The Hall–Kier alpha value is -1.20. The molecule has 0 unspecified atom stereocenters. The Bertz CT molecular complexity index is 317. The fraction of sp³-hybridized carbons (Fsp3) is 0. The second kappa shape index (κ2) is 2.69. The molecule has 0 fully saturated rings. The van der Waals surface area contributed by atoms with Crippen LogP contribution in [-0.2, 0) is 0 Å². The highest BCUT2D eigenvalue weighted by Crippen LogP contribution is 2.32. The van der Waals surface area contributed by atoms with E-state index < -0.39 is 7.12 Å². The second-order valence-electron chi connectivity index (χ2n) is 2.50. The normalized spacial score (nSPS) is 20.5. The van der Waals surface area contributed by atoms with Crippen molar-refractivity contribution in [2.75, 3.05) is 0 Å². The van der Waals surface area contributed by atoms with Gasteiger partial charge in [0.1, 0.15) is 0 Å². The summed E-state index contributed by atoms with van der Waals surface area (Å²) in [5.74, 6) is 0.442. The highest BCUT2D eigenvalue weighted by Gasteiger charge is 2.30. The zero-order chi connectivity index (χ0) is 8.55. The van der Waals surface area contributed by atoms with E-state index in [1.807, 2.05) is 0 Å². The number of nitrogens with zero attached hydrogens (tertiary/aromatic N) is 2. The van der Waals surface area contributed by atoms with Crippen molar-refractivity contribution < 1.29 is 10.0 Å². The summed E-state index contributed by atoms with van der Waals surface area (Å²) in [5, 5.41) is 25.3. The lowest BCUT2D eigenvalue weighted by Gasteiger charge is -2.14. The molecule has 0 spiro atoms. The summed E-state index contributed by atoms with van der Waals surface area (Å²) in [6.45, 7) is 0. The molecule has 2 aliphatic rings. The van der Waals surface area contributed by atoms with Gasteiger partial charge in [-0.05, 0) is 6.08 Å². The summed E-state index contributed by atoms with van der Waals surface area (Å²) >= 11 is 0. The average molecular weight is 161 g/mol. The SMILES string of the molecule is OB(O)[C]1C=CC=C2N=NC=C12. The van der Waals surface area contributed by atoms with Crippen molar-refractivity contribution in [3.8, 4) is 0 Å². The number of hydrogen-bond donors (Lipinski definition) is 2. The minimum Gasteiger partial charge on any atom is -0.426 e. The standard InChI is InChI=1S/C7H6BN2O2/c11-8(12)6-2-1-3-7-5(6)4-9-10-7/h1-4,11-12H. The average Bonchev–Trinajstić information content (AvgIpc) is 2.49. The fourth-order valence-corrected chi connectivity index (χ4v) is 1.17. The molecular formula is C7H6BN2O2. The van der Waals surface area contributed by atoms with E-state index in [0.717, 1.165) is 0 Å². The Morgan fingerprint density at radius 2 is 2.17 bits per heavy atom. The summed E-state index contributed by atoms with van der Waals surface area (Å²) in [6, 6.07) is 0. The first-order chi connectivity index (χ1) is 5.79. The third kappa shape index (κ3) is 1.03. The molecule has 1 radical (unpaired) electrons. The first-order valence-electron chi connectivity index (χ1n) is 3.52. The van der Waals surface area contributed by atoms with Gasteiger partial charge in [-0.15, -0.1) is 0 Å². The van der Waals surface area contributed by atoms with E-state index in [1.54, 1.807) is 18.2 Å². The largest absolute Gasteiger partial charge is 0.467 e. The summed E-state index contributed by atoms with van der Waals surface area (Å²) in [4.78, 5) is 0. The van der Waals surface area contributed by atoms with Gasteiger partial charge in [-0.1, -0.05) is 12.2 Å². The van der Waals surface area contributed by atoms with E-state index in [-0.39, 0.29) is 0 Å². The molecule has 2 rings (SSSR count). The summed E-state index contributed by atoms with van der Waals surface area (Å²) in [5.41, 5.74) is 1.37. The van der Waals surface area contributed by atoms with Gasteiger partial charge in [0, 0.05) is 5.57 Å². The van der Waals surface area contributed by atoms with Crippen LogP contribution in [0.4, 0.5) is 0 Å². The summed E-state index contributed by atoms with van der Waals surface area (Å²) < 4.78 is 0. The lowest BCUT2D eigenvalue weighted by Crippen LogP contribution is -2.24. The molecule has 12 heavy (non-hydrogen) atoms. The minimum absolute atomic E-state index is 0.442. The molecule has 0 atom stereocenters. The molecule has 0 bridgehead atoms. The quantitative estimate of drug-likeness (QED) is 0.545. The monoisotopic (exact) mass is 161 g/mol. The van der Waals surface area contributed by atoms with Crippen LogP contribution in [-0.4, -0.2) is 17.2 Å². The molecule has 1 heterocycles. The zero-order valence-electron chi connectivity index (χ0n) is 6.18. The lowest BCUT2D eigenvalue weighted by molar-refractivity contribution is 0.414. The Morgan fingerprint density at radius 3 is 2.92 bits per heavy atom. The van der Waals surface area contributed by atoms with Crippen LogP contribution in [0.2, 0.25) is 0 Å². The Labute approximate surface area is 69.8 Å². The molecule has 0 saturated carbocycles. The maximum absolute atomic E-state index is 8.94. The molecule has 0 amide bonds. The van der Waals surface area contributed by atoms with Crippen LogP contribution in [0.5, 0.6) is 0 Å². The van der Waals surface area contributed by atoms with Crippen molar-refractivity contribution in [3.63, 3.8) is 0 Å². The van der Waals surface area contributed by atoms with E-state index in [0.29, 0.717) is 17.1 Å². The third-order valence-electron chi connectivity index (χ3n) is 1.75. The Kier molecular flexibility index (Phi) is 1.67. The van der Waals surface area contributed by atoms with Crippen molar-refractivity contribution in [1.29, 1.82) is 0 Å². The smallest absolute Gasteiger partial charge is 0.426 e. The van der Waals surface area contributed by atoms with E-state index >= 15 is 0 Å². The number of allylic oxidation sites excluding steroid dienone is 4. The summed E-state index contributed by atoms with van der Waals surface area (Å²) in [7, 11) is -1.46. The maximum atomic E-state index is 8.94. The maximum Gasteiger partial charge on any atom is 0.467 e. The second-order valence-corrected chi connectivity index (χ2v) is 2.50. The van der Waals surface area contributed by atoms with Gasteiger partial charge in [0.05, 0.1) is 17.7 Å². The van der Waals surface area contributed by atoms with Gasteiger partial charge in [-0.3, -0.25) is 0 Å². The highest BCUT2D eigenvalue weighted by molar-refractivity contribution is 6.51. The fourth-order valence-electron chi connectivity index (χ4n) is 1.17. The number of azo groups is 1. The van der Waals surface area contributed by atoms with Crippen molar-refractivity contribution in [2.45, 2.75) is 0 Å². The van der Waals surface area contributed by atoms with Crippen LogP contribution >= 0.6 is 0 Å². The topological polar surface area (TPSA) is 65.2 Å². The van der Waals surface area contributed by atoms with E-state index in [2.05, 4.69) is 10.2 Å². The number of rotatable bonds is 1. The molecule has 2 N–H and O–H groups in total. The van der Waals surface area contributed by atoms with E-state index in [1.165, 1.54) is 6.20 Å². The van der Waals surface area contributed by atoms with Crippen LogP contribution in [0.1, 0.15) is 0 Å². The molecule has 1 aliphatic carbocycles. The number of hydrogen-bond acceptors (Lipinski definition) is 4. The van der Waals surface area contributed by atoms with Gasteiger partial charge >= 0.3 is 7.12 Å². The van der Waals surface area contributed by atoms with Crippen LogP contribution in [0.3, 0.4) is 0 Å². The molecule has 59 valence electrons. The van der Waals surface area contributed by atoms with Crippen LogP contribution in [0, 0.1) is 5.82 Å². The lowest BCUT2D eigenvalue weighted by atomic mass is 9.66. The van der Waals surface area contributed by atoms with Crippen molar-refractivity contribution in [2.24, 2.45) is 10.2 Å². The van der Waals surface area contributed by atoms with Crippen LogP contribution in [0.15, 0.2) is 45.9 Å². The molecule has 5 heteroatoms. The molecule has 0 aromatic heterocycles. The predicted molar refractivity (Wildman–Crippen MR) is 43.6 cm³/mol. The van der Waals surface area contributed by atoms with Gasteiger partial charge in [0.2, 0.25) is 0 Å². The van der Waals surface area contributed by atoms with Gasteiger partial charge in [-0.25, -0.2) is 0 Å². The molecule has 4 nitrogen and oxygen atoms in total. The van der Waals surface area contributed by atoms with Gasteiger partial charge in [0.25, 0.3) is 0 Å². The molecule has 0 aromatic carbocycles. The van der Waals surface area contributed by atoms with Crippen molar-refractivity contribution in [1.82, 2.24) is 0 Å². The van der Waals surface area contributed by atoms with E-state index in [9.17, 15) is 0 Å². The van der Waals surface area contributed by atoms with Crippen molar-refractivity contribution >= 4 is 7.12 Å². The van der Waals surface area contributed by atoms with Crippen LogP contribution < -0.4 is 0 Å². The third-order valence-corrected chi connectivity index (χ3v) is 1.75. The minimum atomic E-state index is -1.46. The van der Waals surface area contributed by atoms with E-state index in [4.69, 9.17) is 10.0 Å². The molecule has 0 saturated heterocycles. The summed E-state index contributed by atoms with van der Waals surface area (Å²) in [6.07, 6.45) is 6.64. The zero-order valence-corrected chi connectivity index (χ0v) is 6.18. The number of fused-ring (bicyclic) bond motifs is 1. The van der Waals surface area contributed by atoms with Gasteiger partial charge in [-0.2, -0.15) is 10.2 Å². The first-order valence-corrected chi connectivity index (χ1v) is 3.52.